The molecule has 1 saturated heterocycles. The smallest absolute Gasteiger partial charge is 0.255 e. The Hall–Kier alpha value is -3.98. The third-order valence-electron chi connectivity index (χ3n) is 6.48. The molecule has 8 nitrogen and oxygen atoms in total. The number of H-pyrrole nitrogens is 1. The van der Waals surface area contributed by atoms with E-state index in [1.54, 1.807) is 33.5 Å². The lowest BCUT2D eigenvalue weighted by Crippen LogP contribution is -2.39. The van der Waals surface area contributed by atoms with Gasteiger partial charge in [-0.3, -0.25) is 9.89 Å². The van der Waals surface area contributed by atoms with Gasteiger partial charge in [0.15, 0.2) is 5.65 Å². The van der Waals surface area contributed by atoms with Crippen molar-refractivity contribution in [1.82, 2.24) is 25.4 Å². The van der Waals surface area contributed by atoms with Crippen LogP contribution in [0.1, 0.15) is 23.2 Å². The average molecular weight is 489 g/mol. The number of methoxy groups -OCH3 is 1. The van der Waals surface area contributed by atoms with E-state index in [1.165, 1.54) is 11.0 Å². The Morgan fingerprint density at radius 2 is 2.03 bits per heavy atom. The van der Waals surface area contributed by atoms with Crippen LogP contribution in [0.25, 0.3) is 33.4 Å². The largest absolute Gasteiger partial charge is 0.496 e. The van der Waals surface area contributed by atoms with Crippen LogP contribution in [-0.4, -0.2) is 66.3 Å². The number of piperidine rings is 1. The minimum absolute atomic E-state index is 0.0557. The van der Waals surface area contributed by atoms with E-state index in [9.17, 15) is 4.79 Å². The van der Waals surface area contributed by atoms with Crippen LogP contribution < -0.4 is 15.4 Å². The quantitative estimate of drug-likeness (QED) is 0.375. The second-order valence-corrected chi connectivity index (χ2v) is 9.16. The SMILES string of the molecule is COc1ccccc1-c1n[nH]c2ncc(-c3cc(F)c(NC4CCCNC4)c(C(=O)N(C)C)c3)cc12. The summed E-state index contributed by atoms with van der Waals surface area (Å²) in [6, 6.07) is 12.8. The van der Waals surface area contributed by atoms with E-state index in [2.05, 4.69) is 25.8 Å². The number of aromatic amines is 1. The molecule has 1 atom stereocenters. The molecular weight excluding hydrogens is 459 g/mol. The minimum atomic E-state index is -0.472. The molecule has 2 aromatic carbocycles. The number of hydrogen-bond donors (Lipinski definition) is 3. The molecule has 1 aliphatic heterocycles. The van der Waals surface area contributed by atoms with Crippen LogP contribution in [0, 0.1) is 5.82 Å². The summed E-state index contributed by atoms with van der Waals surface area (Å²) in [4.78, 5) is 19.1. The van der Waals surface area contributed by atoms with E-state index in [1.807, 2.05) is 30.3 Å². The number of fused-ring (bicyclic) bond motifs is 1. The zero-order valence-electron chi connectivity index (χ0n) is 20.6. The first-order valence-corrected chi connectivity index (χ1v) is 12.0. The summed E-state index contributed by atoms with van der Waals surface area (Å²) in [6.45, 7) is 1.67. The number of pyridine rings is 1. The summed E-state index contributed by atoms with van der Waals surface area (Å²) >= 11 is 0. The van der Waals surface area contributed by atoms with Gasteiger partial charge in [0.1, 0.15) is 17.3 Å². The molecule has 2 aromatic heterocycles. The van der Waals surface area contributed by atoms with Crippen LogP contribution in [0.15, 0.2) is 48.7 Å². The maximum atomic E-state index is 15.6. The van der Waals surface area contributed by atoms with Crippen molar-refractivity contribution >= 4 is 22.6 Å². The third kappa shape index (κ3) is 4.49. The molecule has 1 fully saturated rings. The van der Waals surface area contributed by atoms with Crippen LogP contribution in [0.2, 0.25) is 0 Å². The second kappa shape index (κ2) is 9.94. The van der Waals surface area contributed by atoms with Crippen LogP contribution >= 0.6 is 0 Å². The van der Waals surface area contributed by atoms with Crippen LogP contribution in [0.3, 0.4) is 0 Å². The second-order valence-electron chi connectivity index (χ2n) is 9.16. The van der Waals surface area contributed by atoms with E-state index >= 15 is 4.39 Å². The highest BCUT2D eigenvalue weighted by Crippen LogP contribution is 2.36. The van der Waals surface area contributed by atoms with Crippen molar-refractivity contribution in [2.45, 2.75) is 18.9 Å². The van der Waals surface area contributed by atoms with Crippen LogP contribution in [-0.2, 0) is 0 Å². The summed E-state index contributed by atoms with van der Waals surface area (Å²) < 4.78 is 21.1. The predicted molar refractivity (Wildman–Crippen MR) is 139 cm³/mol. The maximum absolute atomic E-state index is 15.6. The van der Waals surface area contributed by atoms with Gasteiger partial charge in [-0.05, 0) is 55.3 Å². The number of hydrogen-bond acceptors (Lipinski definition) is 6. The third-order valence-corrected chi connectivity index (χ3v) is 6.48. The fourth-order valence-electron chi connectivity index (χ4n) is 4.62. The van der Waals surface area contributed by atoms with Crippen molar-refractivity contribution in [2.24, 2.45) is 0 Å². The molecule has 0 spiro atoms. The van der Waals surface area contributed by atoms with E-state index in [4.69, 9.17) is 4.74 Å². The summed E-state index contributed by atoms with van der Waals surface area (Å²) in [5.41, 5.74) is 3.87. The Balaban J connectivity index is 1.60. The zero-order chi connectivity index (χ0) is 25.2. The van der Waals surface area contributed by atoms with E-state index in [0.717, 1.165) is 36.9 Å². The number of carbonyl (C=O) groups is 1. The van der Waals surface area contributed by atoms with Crippen molar-refractivity contribution < 1.29 is 13.9 Å². The number of halogens is 1. The van der Waals surface area contributed by atoms with Gasteiger partial charge in [0, 0.05) is 49.4 Å². The molecule has 0 saturated carbocycles. The van der Waals surface area contributed by atoms with Crippen molar-refractivity contribution in [3.8, 4) is 28.1 Å². The molecule has 3 N–H and O–H groups in total. The number of ether oxygens (including phenoxy) is 1. The van der Waals surface area contributed by atoms with Crippen LogP contribution in [0.5, 0.6) is 5.75 Å². The first kappa shape index (κ1) is 23.7. The number of aromatic nitrogens is 3. The van der Waals surface area contributed by atoms with Gasteiger partial charge in [-0.2, -0.15) is 5.10 Å². The van der Waals surface area contributed by atoms with E-state index in [-0.39, 0.29) is 23.2 Å². The van der Waals surface area contributed by atoms with Crippen molar-refractivity contribution in [3.05, 3.63) is 60.0 Å². The lowest BCUT2D eigenvalue weighted by Gasteiger charge is -2.27. The van der Waals surface area contributed by atoms with E-state index < -0.39 is 5.82 Å². The summed E-state index contributed by atoms with van der Waals surface area (Å²) in [5.74, 6) is -0.0524. The monoisotopic (exact) mass is 488 g/mol. The Bertz CT molecular complexity index is 1410. The molecule has 1 aliphatic rings. The Morgan fingerprint density at radius 1 is 1.19 bits per heavy atom. The van der Waals surface area contributed by atoms with Gasteiger partial charge in [0.25, 0.3) is 5.91 Å². The van der Waals surface area contributed by atoms with Crippen molar-refractivity contribution in [1.29, 1.82) is 0 Å². The number of nitrogens with zero attached hydrogens (tertiary/aromatic N) is 3. The lowest BCUT2D eigenvalue weighted by atomic mass is 9.99. The molecule has 1 amide bonds. The zero-order valence-corrected chi connectivity index (χ0v) is 20.6. The number of anilines is 1. The van der Waals surface area contributed by atoms with Gasteiger partial charge < -0.3 is 20.3 Å². The maximum Gasteiger partial charge on any atom is 0.255 e. The van der Waals surface area contributed by atoms with Gasteiger partial charge in [-0.15, -0.1) is 0 Å². The Labute approximate surface area is 208 Å². The highest BCUT2D eigenvalue weighted by atomic mass is 19.1. The summed E-state index contributed by atoms with van der Waals surface area (Å²) in [6.07, 6.45) is 3.57. The van der Waals surface area contributed by atoms with E-state index in [0.29, 0.717) is 28.2 Å². The molecule has 0 radical (unpaired) electrons. The van der Waals surface area contributed by atoms with Gasteiger partial charge in [0.2, 0.25) is 0 Å². The van der Waals surface area contributed by atoms with Gasteiger partial charge >= 0.3 is 0 Å². The standard InChI is InChI=1S/C27H29FN6O2/c1-34(2)27(35)21-11-16(13-22(28)25(21)31-18-7-6-10-29-15-18)17-12-20-24(32-33-26(20)30-14-17)19-8-4-5-9-23(19)36-3/h4-5,8-9,11-14,18,29,31H,6-7,10,15H2,1-3H3,(H,30,32,33). The average Bonchev–Trinajstić information content (AvgIpc) is 3.33. The molecule has 9 heteroatoms. The fourth-order valence-corrected chi connectivity index (χ4v) is 4.62. The number of carbonyl (C=O) groups excluding carboxylic acids is 1. The molecule has 4 aromatic rings. The van der Waals surface area contributed by atoms with Gasteiger partial charge in [-0.25, -0.2) is 9.37 Å². The number of para-hydroxylation sites is 1. The topological polar surface area (TPSA) is 95.2 Å². The molecule has 3 heterocycles. The van der Waals surface area contributed by atoms with Crippen molar-refractivity contribution in [2.75, 3.05) is 39.6 Å². The first-order valence-electron chi connectivity index (χ1n) is 12.0. The Kier molecular flexibility index (Phi) is 6.56. The highest BCUT2D eigenvalue weighted by molar-refractivity contribution is 6.01. The summed E-state index contributed by atoms with van der Waals surface area (Å²) in [5, 5.41) is 14.8. The normalized spacial score (nSPS) is 15.6. The number of amides is 1. The fraction of sp³-hybridized carbons (Fsp3) is 0.296. The molecular formula is C27H29FN6O2. The Morgan fingerprint density at radius 3 is 2.78 bits per heavy atom. The summed E-state index contributed by atoms with van der Waals surface area (Å²) in [7, 11) is 4.94. The van der Waals surface area contributed by atoms with Gasteiger partial charge in [0.05, 0.1) is 18.4 Å². The van der Waals surface area contributed by atoms with Crippen molar-refractivity contribution in [3.63, 3.8) is 0 Å². The number of nitrogens with one attached hydrogen (secondary N) is 3. The molecule has 0 aliphatic carbocycles. The minimum Gasteiger partial charge on any atom is -0.496 e. The molecule has 36 heavy (non-hydrogen) atoms. The molecule has 0 bridgehead atoms. The number of rotatable bonds is 6. The highest BCUT2D eigenvalue weighted by Gasteiger charge is 2.23. The van der Waals surface area contributed by atoms with Crippen LogP contribution in [0.4, 0.5) is 10.1 Å². The molecule has 186 valence electrons. The molecule has 5 rings (SSSR count). The lowest BCUT2D eigenvalue weighted by molar-refractivity contribution is 0.0828. The van der Waals surface area contributed by atoms with Gasteiger partial charge in [-0.1, -0.05) is 12.1 Å². The molecule has 1 unspecified atom stereocenters. The predicted octanol–water partition coefficient (Wildman–Crippen LogP) is 4.31. The first-order chi connectivity index (χ1) is 17.5. The number of benzene rings is 2.